The van der Waals surface area contributed by atoms with Crippen molar-refractivity contribution in [3.05, 3.63) is 69.5 Å². The number of aryl methyl sites for hydroxylation is 2. The van der Waals surface area contributed by atoms with Crippen molar-refractivity contribution in [2.75, 3.05) is 13.7 Å². The Balaban J connectivity index is 1.81. The van der Waals surface area contributed by atoms with Crippen LogP contribution in [0.2, 0.25) is 0 Å². The van der Waals surface area contributed by atoms with Gasteiger partial charge < -0.3 is 9.72 Å². The highest BCUT2D eigenvalue weighted by molar-refractivity contribution is 7.98. The number of hydrogen-bond acceptors (Lipinski definition) is 4. The first-order chi connectivity index (χ1) is 13.6. The van der Waals surface area contributed by atoms with Crippen molar-refractivity contribution in [3.63, 3.8) is 0 Å². The van der Waals surface area contributed by atoms with E-state index in [2.05, 4.69) is 37.0 Å². The fourth-order valence-corrected chi connectivity index (χ4v) is 4.45. The third-order valence-electron chi connectivity index (χ3n) is 4.96. The molecule has 0 fully saturated rings. The summed E-state index contributed by atoms with van der Waals surface area (Å²) in [5.41, 5.74) is 5.90. The summed E-state index contributed by atoms with van der Waals surface area (Å²) >= 11 is 1.60. The van der Waals surface area contributed by atoms with Gasteiger partial charge in [-0.05, 0) is 31.0 Å². The minimum absolute atomic E-state index is 0.0540. The van der Waals surface area contributed by atoms with Crippen molar-refractivity contribution in [2.24, 2.45) is 0 Å². The number of para-hydroxylation sites is 1. The van der Waals surface area contributed by atoms with Gasteiger partial charge in [0.15, 0.2) is 5.16 Å². The van der Waals surface area contributed by atoms with Gasteiger partial charge in [-0.25, -0.2) is 4.98 Å². The van der Waals surface area contributed by atoms with Crippen molar-refractivity contribution in [1.82, 2.24) is 14.5 Å². The van der Waals surface area contributed by atoms with E-state index in [1.165, 1.54) is 16.7 Å². The second-order valence-electron chi connectivity index (χ2n) is 6.96. The summed E-state index contributed by atoms with van der Waals surface area (Å²) in [6.07, 6.45) is 0. The Morgan fingerprint density at radius 1 is 1.18 bits per heavy atom. The fraction of sp³-hybridized carbons (Fsp3) is 0.273. The lowest BCUT2D eigenvalue weighted by Crippen LogP contribution is -2.25. The molecule has 5 nitrogen and oxygen atoms in total. The number of aromatic nitrogens is 3. The molecule has 2 heterocycles. The first-order valence-corrected chi connectivity index (χ1v) is 10.3. The second-order valence-corrected chi connectivity index (χ2v) is 7.90. The van der Waals surface area contributed by atoms with Gasteiger partial charge in [0.2, 0.25) is 0 Å². The van der Waals surface area contributed by atoms with Crippen LogP contribution in [0.15, 0.2) is 52.4 Å². The van der Waals surface area contributed by atoms with Crippen molar-refractivity contribution in [3.8, 4) is 0 Å². The zero-order valence-corrected chi connectivity index (χ0v) is 17.1. The summed E-state index contributed by atoms with van der Waals surface area (Å²) in [4.78, 5) is 21.3. The van der Waals surface area contributed by atoms with E-state index >= 15 is 0 Å². The van der Waals surface area contributed by atoms with Crippen LogP contribution in [0.25, 0.3) is 21.9 Å². The van der Waals surface area contributed by atoms with Gasteiger partial charge in [-0.15, -0.1) is 0 Å². The molecule has 0 aliphatic heterocycles. The molecule has 0 unspecified atom stereocenters. The van der Waals surface area contributed by atoms with Crippen molar-refractivity contribution in [1.29, 1.82) is 0 Å². The summed E-state index contributed by atoms with van der Waals surface area (Å²) in [6.45, 7) is 5.15. The average molecular weight is 394 g/mol. The molecule has 28 heavy (non-hydrogen) atoms. The summed E-state index contributed by atoms with van der Waals surface area (Å²) in [7, 11) is 1.64. The van der Waals surface area contributed by atoms with Crippen LogP contribution in [0.3, 0.4) is 0 Å². The summed E-state index contributed by atoms with van der Waals surface area (Å²) < 4.78 is 6.94. The molecule has 0 saturated heterocycles. The fourth-order valence-electron chi connectivity index (χ4n) is 3.36. The third kappa shape index (κ3) is 3.45. The number of rotatable bonds is 6. The van der Waals surface area contributed by atoms with E-state index < -0.39 is 0 Å². The van der Waals surface area contributed by atoms with Crippen LogP contribution in [-0.4, -0.2) is 28.3 Å². The Hall–Kier alpha value is -2.57. The van der Waals surface area contributed by atoms with E-state index in [1.807, 2.05) is 24.3 Å². The monoisotopic (exact) mass is 393 g/mol. The third-order valence-corrected chi connectivity index (χ3v) is 5.98. The molecular weight excluding hydrogens is 370 g/mol. The molecule has 6 heteroatoms. The molecule has 1 N–H and O–H groups in total. The molecule has 0 aliphatic rings. The molecule has 0 amide bonds. The van der Waals surface area contributed by atoms with E-state index in [0.29, 0.717) is 18.7 Å². The summed E-state index contributed by atoms with van der Waals surface area (Å²) in [5.74, 6) is 0.765. The van der Waals surface area contributed by atoms with Crippen LogP contribution in [0.5, 0.6) is 0 Å². The van der Waals surface area contributed by atoms with Crippen LogP contribution in [0.1, 0.15) is 16.7 Å². The SMILES string of the molecule is COCCn1c(SCc2cc(C)ccc2C)nc2c([nH]c3ccccc32)c1=O. The predicted molar refractivity (Wildman–Crippen MR) is 115 cm³/mol. The lowest BCUT2D eigenvalue weighted by molar-refractivity contribution is 0.183. The predicted octanol–water partition coefficient (Wildman–Crippen LogP) is 4.43. The molecule has 0 aliphatic carbocycles. The Morgan fingerprint density at radius 3 is 2.82 bits per heavy atom. The first-order valence-electron chi connectivity index (χ1n) is 9.27. The lowest BCUT2D eigenvalue weighted by Gasteiger charge is -2.12. The number of H-pyrrole nitrogens is 1. The van der Waals surface area contributed by atoms with Crippen LogP contribution in [0.4, 0.5) is 0 Å². The highest BCUT2D eigenvalue weighted by atomic mass is 32.2. The highest BCUT2D eigenvalue weighted by Gasteiger charge is 2.16. The number of aromatic amines is 1. The van der Waals surface area contributed by atoms with Gasteiger partial charge >= 0.3 is 0 Å². The molecule has 0 atom stereocenters. The lowest BCUT2D eigenvalue weighted by atomic mass is 10.1. The van der Waals surface area contributed by atoms with Crippen LogP contribution >= 0.6 is 11.8 Å². The number of ether oxygens (including phenoxy) is 1. The van der Waals surface area contributed by atoms with Crippen molar-refractivity contribution < 1.29 is 4.74 Å². The van der Waals surface area contributed by atoms with Gasteiger partial charge in [0, 0.05) is 23.8 Å². The zero-order chi connectivity index (χ0) is 19.7. The van der Waals surface area contributed by atoms with Gasteiger partial charge in [0.25, 0.3) is 5.56 Å². The Kier molecular flexibility index (Phi) is 5.24. The maximum atomic E-state index is 13.2. The molecule has 4 aromatic rings. The Labute approximate surface area is 167 Å². The molecule has 0 spiro atoms. The number of hydrogen-bond donors (Lipinski definition) is 1. The summed E-state index contributed by atoms with van der Waals surface area (Å²) in [5, 5.41) is 1.70. The van der Waals surface area contributed by atoms with Crippen LogP contribution in [0, 0.1) is 13.8 Å². The van der Waals surface area contributed by atoms with Gasteiger partial charge in [-0.2, -0.15) is 0 Å². The standard InChI is InChI=1S/C22H23N3O2S/c1-14-8-9-15(2)16(12-14)13-28-22-24-19-17-6-4-5-7-18(17)23-20(19)21(26)25(22)10-11-27-3/h4-9,12,23H,10-11,13H2,1-3H3. The topological polar surface area (TPSA) is 59.9 Å². The van der Waals surface area contributed by atoms with Crippen molar-refractivity contribution in [2.45, 2.75) is 31.3 Å². The molecule has 0 bridgehead atoms. The van der Waals surface area contributed by atoms with Gasteiger partial charge in [0.05, 0.1) is 13.2 Å². The van der Waals surface area contributed by atoms with Crippen LogP contribution in [-0.2, 0) is 17.0 Å². The zero-order valence-electron chi connectivity index (χ0n) is 16.3. The molecule has 2 aromatic heterocycles. The van der Waals surface area contributed by atoms with Gasteiger partial charge in [-0.1, -0.05) is 53.7 Å². The molecule has 2 aromatic carbocycles. The smallest absolute Gasteiger partial charge is 0.278 e. The average Bonchev–Trinajstić information content (AvgIpc) is 3.07. The van der Waals surface area contributed by atoms with Crippen molar-refractivity contribution >= 4 is 33.7 Å². The number of nitrogens with zero attached hydrogens (tertiary/aromatic N) is 2. The molecular formula is C22H23N3O2S. The second kappa shape index (κ2) is 7.81. The van der Waals surface area contributed by atoms with E-state index in [1.54, 1.807) is 23.4 Å². The number of methoxy groups -OCH3 is 1. The maximum absolute atomic E-state index is 13.2. The van der Waals surface area contributed by atoms with E-state index in [0.717, 1.165) is 27.3 Å². The quantitative estimate of drug-likeness (QED) is 0.389. The molecule has 0 radical (unpaired) electrons. The number of thioether (sulfide) groups is 1. The highest BCUT2D eigenvalue weighted by Crippen LogP contribution is 2.27. The first kappa shape index (κ1) is 18.8. The number of benzene rings is 2. The minimum Gasteiger partial charge on any atom is -0.383 e. The van der Waals surface area contributed by atoms with E-state index in [-0.39, 0.29) is 5.56 Å². The van der Waals surface area contributed by atoms with Gasteiger partial charge in [-0.3, -0.25) is 9.36 Å². The van der Waals surface area contributed by atoms with Crippen LogP contribution < -0.4 is 5.56 Å². The van der Waals surface area contributed by atoms with E-state index in [4.69, 9.17) is 9.72 Å². The molecule has 144 valence electrons. The Bertz CT molecular complexity index is 1210. The largest absolute Gasteiger partial charge is 0.383 e. The number of nitrogens with one attached hydrogen (secondary N) is 1. The number of fused-ring (bicyclic) bond motifs is 3. The van der Waals surface area contributed by atoms with Gasteiger partial charge in [0.1, 0.15) is 11.0 Å². The maximum Gasteiger partial charge on any atom is 0.278 e. The molecule has 0 saturated carbocycles. The Morgan fingerprint density at radius 2 is 2.00 bits per heavy atom. The van der Waals surface area contributed by atoms with E-state index in [9.17, 15) is 4.79 Å². The summed E-state index contributed by atoms with van der Waals surface area (Å²) in [6, 6.07) is 14.4. The molecule has 4 rings (SSSR count). The minimum atomic E-state index is -0.0540. The normalized spacial score (nSPS) is 11.5.